The zero-order chi connectivity index (χ0) is 17.9. The predicted octanol–water partition coefficient (Wildman–Crippen LogP) is 1.74. The Labute approximate surface area is 152 Å². The topological polar surface area (TPSA) is 71.3 Å². The molecule has 136 valence electrons. The molecule has 0 spiro atoms. The maximum atomic E-state index is 12.7. The van der Waals surface area contributed by atoms with Gasteiger partial charge in [0.15, 0.2) is 5.69 Å². The van der Waals surface area contributed by atoms with E-state index >= 15 is 0 Å². The summed E-state index contributed by atoms with van der Waals surface area (Å²) in [6, 6.07) is 9.51. The van der Waals surface area contributed by atoms with Crippen LogP contribution in [0.25, 0.3) is 5.69 Å². The minimum atomic E-state index is -0.125. The molecule has 1 saturated heterocycles. The number of piperazine rings is 1. The zero-order valence-electron chi connectivity index (χ0n) is 14.8. The van der Waals surface area contributed by atoms with E-state index in [9.17, 15) is 9.59 Å². The number of nitrogens with zero attached hydrogens (tertiary/aromatic N) is 5. The molecule has 2 aliphatic rings. The fourth-order valence-electron chi connectivity index (χ4n) is 3.77. The van der Waals surface area contributed by atoms with Crippen molar-refractivity contribution in [1.82, 2.24) is 24.8 Å². The fraction of sp³-hybridized carbons (Fsp3) is 0.474. The van der Waals surface area contributed by atoms with E-state index in [1.165, 1.54) is 11.0 Å². The molecule has 0 unspecified atom stereocenters. The Hall–Kier alpha value is -2.70. The van der Waals surface area contributed by atoms with E-state index in [0.29, 0.717) is 31.9 Å². The van der Waals surface area contributed by atoms with Crippen molar-refractivity contribution in [2.75, 3.05) is 26.2 Å². The van der Waals surface area contributed by atoms with E-state index < -0.39 is 0 Å². The summed E-state index contributed by atoms with van der Waals surface area (Å²) in [5, 5.41) is 8.50. The van der Waals surface area contributed by atoms with E-state index in [0.717, 1.165) is 31.4 Å². The summed E-state index contributed by atoms with van der Waals surface area (Å²) in [6.45, 7) is 2.31. The standard InChI is InChI=1S/C19H23N5O2/c25-18(15-6-4-5-7-15)22-10-12-23(13-11-22)19(26)17-14-20-24(21-17)16-8-2-1-3-9-16/h1-3,8-9,14-15H,4-7,10-13H2. The van der Waals surface area contributed by atoms with Crippen LogP contribution in [0, 0.1) is 5.92 Å². The lowest BCUT2D eigenvalue weighted by atomic mass is 10.1. The van der Waals surface area contributed by atoms with Crippen molar-refractivity contribution < 1.29 is 9.59 Å². The second-order valence-electron chi connectivity index (χ2n) is 6.95. The van der Waals surface area contributed by atoms with Crippen LogP contribution in [0.15, 0.2) is 36.5 Å². The second-order valence-corrected chi connectivity index (χ2v) is 6.95. The van der Waals surface area contributed by atoms with E-state index in [2.05, 4.69) is 10.2 Å². The smallest absolute Gasteiger partial charge is 0.276 e. The van der Waals surface area contributed by atoms with Crippen molar-refractivity contribution >= 4 is 11.8 Å². The molecule has 1 aromatic carbocycles. The zero-order valence-corrected chi connectivity index (χ0v) is 14.8. The molecule has 0 radical (unpaired) electrons. The summed E-state index contributed by atoms with van der Waals surface area (Å²) in [5.41, 5.74) is 1.16. The average molecular weight is 353 g/mol. The van der Waals surface area contributed by atoms with E-state index in [-0.39, 0.29) is 17.7 Å². The maximum absolute atomic E-state index is 12.7. The van der Waals surface area contributed by atoms with Crippen LogP contribution in [-0.2, 0) is 4.79 Å². The summed E-state index contributed by atoms with van der Waals surface area (Å²) in [5.74, 6) is 0.341. The molecule has 1 aliphatic heterocycles. The van der Waals surface area contributed by atoms with Gasteiger partial charge in [-0.3, -0.25) is 9.59 Å². The lowest BCUT2D eigenvalue weighted by Crippen LogP contribution is -2.51. The SMILES string of the molecule is O=C(c1cnn(-c2ccccc2)n1)N1CCN(C(=O)C2CCCC2)CC1. The number of hydrogen-bond donors (Lipinski definition) is 0. The molecule has 7 nitrogen and oxygen atoms in total. The van der Waals surface area contributed by atoms with Gasteiger partial charge in [-0.1, -0.05) is 31.0 Å². The Kier molecular flexibility index (Phi) is 4.69. The van der Waals surface area contributed by atoms with Crippen molar-refractivity contribution in [3.05, 3.63) is 42.2 Å². The van der Waals surface area contributed by atoms with Gasteiger partial charge < -0.3 is 9.80 Å². The Morgan fingerprint density at radius 1 is 0.923 bits per heavy atom. The molecule has 1 saturated carbocycles. The van der Waals surface area contributed by atoms with Crippen LogP contribution in [0.4, 0.5) is 0 Å². The van der Waals surface area contributed by atoms with Gasteiger partial charge in [-0.05, 0) is 25.0 Å². The highest BCUT2D eigenvalue weighted by atomic mass is 16.2. The number of hydrogen-bond acceptors (Lipinski definition) is 4. The predicted molar refractivity (Wildman–Crippen MR) is 95.8 cm³/mol. The molecule has 7 heteroatoms. The number of aromatic nitrogens is 3. The third-order valence-corrected chi connectivity index (χ3v) is 5.28. The van der Waals surface area contributed by atoms with Gasteiger partial charge in [0.1, 0.15) is 0 Å². The number of amides is 2. The maximum Gasteiger partial charge on any atom is 0.276 e. The third kappa shape index (κ3) is 3.34. The van der Waals surface area contributed by atoms with E-state index in [1.807, 2.05) is 35.2 Å². The molecular weight excluding hydrogens is 330 g/mol. The van der Waals surface area contributed by atoms with Crippen molar-refractivity contribution in [2.24, 2.45) is 5.92 Å². The second kappa shape index (κ2) is 7.27. The highest BCUT2D eigenvalue weighted by Crippen LogP contribution is 2.27. The first-order chi connectivity index (χ1) is 12.7. The third-order valence-electron chi connectivity index (χ3n) is 5.28. The van der Waals surface area contributed by atoms with Crippen LogP contribution in [0.5, 0.6) is 0 Å². The lowest BCUT2D eigenvalue weighted by molar-refractivity contribution is -0.136. The van der Waals surface area contributed by atoms with Crippen LogP contribution in [-0.4, -0.2) is 62.8 Å². The van der Waals surface area contributed by atoms with Gasteiger partial charge in [0, 0.05) is 32.1 Å². The number of carbonyl (C=O) groups excluding carboxylic acids is 2. The Morgan fingerprint density at radius 2 is 1.58 bits per heavy atom. The summed E-state index contributed by atoms with van der Waals surface area (Å²) < 4.78 is 0. The Morgan fingerprint density at radius 3 is 2.27 bits per heavy atom. The quantitative estimate of drug-likeness (QED) is 0.843. The molecule has 1 aliphatic carbocycles. The van der Waals surface area contributed by atoms with Gasteiger partial charge in [-0.2, -0.15) is 9.90 Å². The Bertz CT molecular complexity index is 774. The summed E-state index contributed by atoms with van der Waals surface area (Å²) in [4.78, 5) is 30.3. The minimum absolute atomic E-state index is 0.125. The van der Waals surface area contributed by atoms with Crippen molar-refractivity contribution in [2.45, 2.75) is 25.7 Å². The molecule has 2 aromatic rings. The molecule has 1 aromatic heterocycles. The average Bonchev–Trinajstić information content (AvgIpc) is 3.40. The first-order valence-corrected chi connectivity index (χ1v) is 9.28. The monoisotopic (exact) mass is 353 g/mol. The van der Waals surface area contributed by atoms with Gasteiger partial charge in [0.05, 0.1) is 11.9 Å². The van der Waals surface area contributed by atoms with Gasteiger partial charge >= 0.3 is 0 Å². The number of carbonyl (C=O) groups is 2. The lowest BCUT2D eigenvalue weighted by Gasteiger charge is -2.35. The van der Waals surface area contributed by atoms with Crippen molar-refractivity contribution in [3.8, 4) is 5.69 Å². The minimum Gasteiger partial charge on any atom is -0.339 e. The number of benzene rings is 1. The molecule has 4 rings (SSSR count). The van der Waals surface area contributed by atoms with Gasteiger partial charge in [0.25, 0.3) is 5.91 Å². The fourth-order valence-corrected chi connectivity index (χ4v) is 3.77. The van der Waals surface area contributed by atoms with Crippen LogP contribution < -0.4 is 0 Å². The molecule has 2 heterocycles. The molecule has 0 N–H and O–H groups in total. The van der Waals surface area contributed by atoms with Gasteiger partial charge in [0.2, 0.25) is 5.91 Å². The summed E-state index contributed by atoms with van der Waals surface area (Å²) in [6.07, 6.45) is 5.85. The molecule has 2 fully saturated rings. The number of rotatable bonds is 3. The molecule has 26 heavy (non-hydrogen) atoms. The van der Waals surface area contributed by atoms with Crippen LogP contribution >= 0.6 is 0 Å². The molecule has 0 bridgehead atoms. The summed E-state index contributed by atoms with van der Waals surface area (Å²) in [7, 11) is 0. The first kappa shape index (κ1) is 16.8. The summed E-state index contributed by atoms with van der Waals surface area (Å²) >= 11 is 0. The van der Waals surface area contributed by atoms with Crippen LogP contribution in [0.1, 0.15) is 36.2 Å². The largest absolute Gasteiger partial charge is 0.339 e. The highest BCUT2D eigenvalue weighted by molar-refractivity contribution is 5.92. The van der Waals surface area contributed by atoms with E-state index in [4.69, 9.17) is 0 Å². The molecular formula is C19H23N5O2. The highest BCUT2D eigenvalue weighted by Gasteiger charge is 2.31. The Balaban J connectivity index is 1.36. The number of para-hydroxylation sites is 1. The van der Waals surface area contributed by atoms with E-state index in [1.54, 1.807) is 4.90 Å². The van der Waals surface area contributed by atoms with Crippen LogP contribution in [0.3, 0.4) is 0 Å². The normalized spacial score (nSPS) is 18.3. The van der Waals surface area contributed by atoms with Crippen molar-refractivity contribution in [1.29, 1.82) is 0 Å². The molecule has 0 atom stereocenters. The van der Waals surface area contributed by atoms with Crippen LogP contribution in [0.2, 0.25) is 0 Å². The molecule has 2 amide bonds. The van der Waals surface area contributed by atoms with Crippen molar-refractivity contribution in [3.63, 3.8) is 0 Å². The first-order valence-electron chi connectivity index (χ1n) is 9.28. The van der Waals surface area contributed by atoms with Gasteiger partial charge in [-0.25, -0.2) is 0 Å². The van der Waals surface area contributed by atoms with Gasteiger partial charge in [-0.15, -0.1) is 5.10 Å².